The Morgan fingerprint density at radius 2 is 2.05 bits per heavy atom. The van der Waals surface area contributed by atoms with E-state index in [4.69, 9.17) is 0 Å². The third kappa shape index (κ3) is 2.88. The van der Waals surface area contributed by atoms with Crippen LogP contribution in [0.2, 0.25) is 0 Å². The van der Waals surface area contributed by atoms with Crippen LogP contribution in [0.4, 0.5) is 10.1 Å². The van der Waals surface area contributed by atoms with Crippen LogP contribution in [-0.2, 0) is 10.0 Å². The van der Waals surface area contributed by atoms with Crippen LogP contribution < -0.4 is 4.72 Å². The molecule has 0 unspecified atom stereocenters. The number of nitrogens with zero attached hydrogens (tertiary/aromatic N) is 1. The van der Waals surface area contributed by atoms with Crippen LogP contribution in [-0.4, -0.2) is 18.6 Å². The van der Waals surface area contributed by atoms with E-state index in [0.29, 0.717) is 11.3 Å². The van der Waals surface area contributed by atoms with E-state index in [1.54, 1.807) is 25.3 Å². The molecule has 3 aromatic rings. The number of sulfonamides is 1. The van der Waals surface area contributed by atoms with Crippen molar-refractivity contribution in [3.8, 4) is 10.6 Å². The number of thiophene rings is 1. The Balaban J connectivity index is 1.90. The van der Waals surface area contributed by atoms with Crippen LogP contribution in [0, 0.1) is 12.7 Å². The van der Waals surface area contributed by atoms with Crippen LogP contribution >= 0.6 is 11.3 Å². The second kappa shape index (κ2) is 5.54. The fourth-order valence-corrected chi connectivity index (χ4v) is 4.35. The van der Waals surface area contributed by atoms with E-state index in [-0.39, 0.29) is 4.21 Å². The molecule has 0 aliphatic carbocycles. The van der Waals surface area contributed by atoms with Crippen molar-refractivity contribution in [2.24, 2.45) is 0 Å². The maximum atomic E-state index is 13.1. The number of H-pyrrole nitrogens is 1. The monoisotopic (exact) mass is 337 g/mol. The lowest BCUT2D eigenvalue weighted by atomic mass is 10.2. The molecule has 0 atom stereocenters. The van der Waals surface area contributed by atoms with Gasteiger partial charge in [-0.05, 0) is 48.9 Å². The summed E-state index contributed by atoms with van der Waals surface area (Å²) >= 11 is 1.13. The minimum atomic E-state index is -3.71. The summed E-state index contributed by atoms with van der Waals surface area (Å²) in [4.78, 5) is 0.772. The van der Waals surface area contributed by atoms with Gasteiger partial charge in [-0.3, -0.25) is 9.82 Å². The third-order valence-electron chi connectivity index (χ3n) is 3.05. The van der Waals surface area contributed by atoms with Gasteiger partial charge in [0.2, 0.25) is 0 Å². The highest BCUT2D eigenvalue weighted by Gasteiger charge is 2.18. The number of anilines is 1. The molecule has 0 aliphatic heterocycles. The number of hydrogen-bond acceptors (Lipinski definition) is 4. The lowest BCUT2D eigenvalue weighted by molar-refractivity contribution is 0.602. The molecule has 0 radical (unpaired) electrons. The van der Waals surface area contributed by atoms with Gasteiger partial charge in [0.1, 0.15) is 10.0 Å². The SMILES string of the molecule is Cc1cc(F)ccc1NS(=O)(=O)c1ccc(-c2ccn[nH]2)s1. The average molecular weight is 337 g/mol. The molecule has 0 saturated carbocycles. The maximum Gasteiger partial charge on any atom is 0.271 e. The maximum absolute atomic E-state index is 13.1. The van der Waals surface area contributed by atoms with Crippen LogP contribution in [0.1, 0.15) is 5.56 Å². The standard InChI is InChI=1S/C14H12FN3O2S2/c1-9-8-10(15)2-3-11(9)18-22(19,20)14-5-4-13(21-14)12-6-7-16-17-12/h2-8,18H,1H3,(H,16,17). The first kappa shape index (κ1) is 14.7. The van der Waals surface area contributed by atoms with Crippen molar-refractivity contribution < 1.29 is 12.8 Å². The Morgan fingerprint density at radius 1 is 1.23 bits per heavy atom. The van der Waals surface area contributed by atoms with Crippen LogP contribution in [0.3, 0.4) is 0 Å². The fraction of sp³-hybridized carbons (Fsp3) is 0.0714. The Labute approximate surface area is 130 Å². The van der Waals surface area contributed by atoms with Gasteiger partial charge in [-0.25, -0.2) is 12.8 Å². The van der Waals surface area contributed by atoms with E-state index in [0.717, 1.165) is 21.9 Å². The number of nitrogens with one attached hydrogen (secondary N) is 2. The lowest BCUT2D eigenvalue weighted by Gasteiger charge is -2.09. The van der Waals surface area contributed by atoms with Crippen LogP contribution in [0.25, 0.3) is 10.6 Å². The predicted molar refractivity (Wildman–Crippen MR) is 83.8 cm³/mol. The first-order valence-corrected chi connectivity index (χ1v) is 8.64. The van der Waals surface area contributed by atoms with Gasteiger partial charge in [0.15, 0.2) is 0 Å². The summed E-state index contributed by atoms with van der Waals surface area (Å²) in [5.41, 5.74) is 1.64. The number of halogens is 1. The molecule has 0 bridgehead atoms. The second-order valence-corrected chi connectivity index (χ2v) is 7.65. The molecule has 22 heavy (non-hydrogen) atoms. The normalized spacial score (nSPS) is 11.5. The largest absolute Gasteiger partial charge is 0.279 e. The number of aromatic amines is 1. The Hall–Kier alpha value is -2.19. The van der Waals surface area contributed by atoms with E-state index >= 15 is 0 Å². The van der Waals surface area contributed by atoms with E-state index < -0.39 is 15.8 Å². The molecular weight excluding hydrogens is 325 g/mol. The summed E-state index contributed by atoms with van der Waals surface area (Å²) in [7, 11) is -3.71. The molecule has 0 saturated heterocycles. The zero-order valence-electron chi connectivity index (χ0n) is 11.5. The number of aromatic nitrogens is 2. The zero-order chi connectivity index (χ0) is 15.7. The van der Waals surface area contributed by atoms with Gasteiger partial charge in [0.05, 0.1) is 16.3 Å². The van der Waals surface area contributed by atoms with Crippen molar-refractivity contribution in [1.29, 1.82) is 0 Å². The van der Waals surface area contributed by atoms with Crippen molar-refractivity contribution in [3.05, 3.63) is 54.0 Å². The van der Waals surface area contributed by atoms with Gasteiger partial charge in [-0.1, -0.05) is 0 Å². The molecule has 2 aromatic heterocycles. The fourth-order valence-electron chi connectivity index (χ4n) is 1.94. The summed E-state index contributed by atoms with van der Waals surface area (Å²) in [5, 5.41) is 6.63. The molecule has 0 fully saturated rings. The van der Waals surface area contributed by atoms with Crippen molar-refractivity contribution in [2.45, 2.75) is 11.1 Å². The molecule has 8 heteroatoms. The van der Waals surface area contributed by atoms with Gasteiger partial charge >= 0.3 is 0 Å². The molecule has 2 N–H and O–H groups in total. The van der Waals surface area contributed by atoms with E-state index in [2.05, 4.69) is 14.9 Å². The molecule has 0 aliphatic rings. The Kier molecular flexibility index (Phi) is 3.71. The van der Waals surface area contributed by atoms with Gasteiger partial charge < -0.3 is 0 Å². The smallest absolute Gasteiger partial charge is 0.271 e. The number of rotatable bonds is 4. The molecule has 1 aromatic carbocycles. The van der Waals surface area contributed by atoms with Crippen molar-refractivity contribution in [1.82, 2.24) is 10.2 Å². The van der Waals surface area contributed by atoms with Gasteiger partial charge in [-0.15, -0.1) is 11.3 Å². The van der Waals surface area contributed by atoms with Crippen molar-refractivity contribution in [3.63, 3.8) is 0 Å². The van der Waals surface area contributed by atoms with Gasteiger partial charge in [0, 0.05) is 6.20 Å². The number of hydrogen-bond donors (Lipinski definition) is 2. The first-order valence-electron chi connectivity index (χ1n) is 6.34. The van der Waals surface area contributed by atoms with E-state index in [1.165, 1.54) is 24.3 Å². The summed E-state index contributed by atoms with van der Waals surface area (Å²) in [5.74, 6) is -0.405. The molecule has 0 amide bonds. The summed E-state index contributed by atoms with van der Waals surface area (Å²) in [6.45, 7) is 1.64. The minimum Gasteiger partial charge on any atom is -0.279 e. The minimum absolute atomic E-state index is 0.181. The molecule has 2 heterocycles. The first-order chi connectivity index (χ1) is 10.5. The molecular formula is C14H12FN3O2S2. The highest BCUT2D eigenvalue weighted by molar-refractivity contribution is 7.94. The molecule has 5 nitrogen and oxygen atoms in total. The molecule has 114 valence electrons. The van der Waals surface area contributed by atoms with Crippen molar-refractivity contribution >= 4 is 27.0 Å². The molecule has 3 rings (SSSR count). The Morgan fingerprint density at radius 3 is 2.73 bits per heavy atom. The van der Waals surface area contributed by atoms with Crippen LogP contribution in [0.5, 0.6) is 0 Å². The summed E-state index contributed by atoms with van der Waals surface area (Å²) in [6.07, 6.45) is 1.60. The van der Waals surface area contributed by atoms with Crippen molar-refractivity contribution in [2.75, 3.05) is 4.72 Å². The second-order valence-electron chi connectivity index (χ2n) is 4.65. The highest BCUT2D eigenvalue weighted by atomic mass is 32.2. The number of aryl methyl sites for hydroxylation is 1. The predicted octanol–water partition coefficient (Wildman–Crippen LogP) is 3.39. The van der Waals surface area contributed by atoms with E-state index in [9.17, 15) is 12.8 Å². The third-order valence-corrected chi connectivity index (χ3v) is 6.02. The summed E-state index contributed by atoms with van der Waals surface area (Å²) < 4.78 is 40.5. The van der Waals surface area contributed by atoms with Gasteiger partial charge in [-0.2, -0.15) is 5.10 Å². The average Bonchev–Trinajstić information content (AvgIpc) is 3.11. The Bertz CT molecular complexity index is 902. The topological polar surface area (TPSA) is 74.8 Å². The highest BCUT2D eigenvalue weighted by Crippen LogP contribution is 2.30. The molecule has 0 spiro atoms. The quantitative estimate of drug-likeness (QED) is 0.766. The zero-order valence-corrected chi connectivity index (χ0v) is 13.1. The number of benzene rings is 1. The van der Waals surface area contributed by atoms with Gasteiger partial charge in [0.25, 0.3) is 10.0 Å². The van der Waals surface area contributed by atoms with Crippen LogP contribution in [0.15, 0.2) is 46.8 Å². The van der Waals surface area contributed by atoms with E-state index in [1.807, 2.05) is 0 Å². The lowest BCUT2D eigenvalue weighted by Crippen LogP contribution is -2.12. The summed E-state index contributed by atoms with van der Waals surface area (Å²) in [6, 6.07) is 8.91.